The zero-order valence-corrected chi connectivity index (χ0v) is 13.0. The van der Waals surface area contributed by atoms with Crippen LogP contribution in [-0.4, -0.2) is 20.0 Å². The van der Waals surface area contributed by atoms with Gasteiger partial charge in [-0.05, 0) is 40.2 Å². The zero-order valence-electron chi connectivity index (χ0n) is 11.4. The van der Waals surface area contributed by atoms with Gasteiger partial charge >= 0.3 is 0 Å². The van der Waals surface area contributed by atoms with Crippen LogP contribution in [0.3, 0.4) is 0 Å². The van der Waals surface area contributed by atoms with Crippen LogP contribution >= 0.6 is 15.9 Å². The Morgan fingerprint density at radius 2 is 1.86 bits per heavy atom. The van der Waals surface area contributed by atoms with Crippen molar-refractivity contribution in [2.75, 3.05) is 20.0 Å². The van der Waals surface area contributed by atoms with Crippen LogP contribution < -0.4 is 15.2 Å². The third-order valence-corrected chi connectivity index (χ3v) is 3.60. The second kappa shape index (κ2) is 6.13. The molecule has 0 aliphatic heterocycles. The number of halogens is 2. The lowest BCUT2D eigenvalue weighted by atomic mass is 10.0. The van der Waals surface area contributed by atoms with Crippen LogP contribution in [0.25, 0.3) is 0 Å². The molecular formula is C15H13BrFNO3. The van der Waals surface area contributed by atoms with E-state index < -0.39 is 5.82 Å². The molecule has 0 aliphatic rings. The average molecular weight is 354 g/mol. The summed E-state index contributed by atoms with van der Waals surface area (Å²) in [5, 5.41) is 0. The predicted octanol–water partition coefficient (Wildman–Crippen LogP) is 3.42. The summed E-state index contributed by atoms with van der Waals surface area (Å²) >= 11 is 3.06. The van der Waals surface area contributed by atoms with Crippen LogP contribution in [0.2, 0.25) is 0 Å². The highest BCUT2D eigenvalue weighted by atomic mass is 79.9. The monoisotopic (exact) mass is 353 g/mol. The maximum Gasteiger partial charge on any atom is 0.199 e. The van der Waals surface area contributed by atoms with Crippen molar-refractivity contribution in [3.63, 3.8) is 0 Å². The minimum Gasteiger partial charge on any atom is -0.497 e. The first-order chi connectivity index (χ1) is 9.97. The summed E-state index contributed by atoms with van der Waals surface area (Å²) in [4.78, 5) is 12.6. The summed E-state index contributed by atoms with van der Waals surface area (Å²) in [7, 11) is 2.86. The van der Waals surface area contributed by atoms with Gasteiger partial charge in [0.05, 0.1) is 24.3 Å². The van der Waals surface area contributed by atoms with E-state index in [1.54, 1.807) is 12.1 Å². The topological polar surface area (TPSA) is 61.5 Å². The molecule has 6 heteroatoms. The van der Waals surface area contributed by atoms with Crippen molar-refractivity contribution in [2.45, 2.75) is 0 Å². The highest BCUT2D eigenvalue weighted by molar-refractivity contribution is 9.10. The third kappa shape index (κ3) is 3.00. The number of hydrogen-bond donors (Lipinski definition) is 1. The number of nitrogens with two attached hydrogens (primary N) is 1. The molecule has 0 spiro atoms. The Bertz CT molecular complexity index is 704. The first-order valence-corrected chi connectivity index (χ1v) is 6.78. The van der Waals surface area contributed by atoms with E-state index in [1.165, 1.54) is 26.4 Å². The molecule has 0 bridgehead atoms. The fourth-order valence-corrected chi connectivity index (χ4v) is 2.22. The molecule has 21 heavy (non-hydrogen) atoms. The molecule has 2 N–H and O–H groups in total. The van der Waals surface area contributed by atoms with E-state index in [2.05, 4.69) is 15.9 Å². The summed E-state index contributed by atoms with van der Waals surface area (Å²) in [5.74, 6) is -0.235. The molecule has 0 atom stereocenters. The van der Waals surface area contributed by atoms with Gasteiger partial charge in [0.25, 0.3) is 0 Å². The van der Waals surface area contributed by atoms with E-state index in [-0.39, 0.29) is 27.1 Å². The number of hydrogen-bond acceptors (Lipinski definition) is 4. The number of ether oxygens (including phenoxy) is 2. The lowest BCUT2D eigenvalue weighted by Gasteiger charge is -2.11. The molecule has 0 saturated heterocycles. The van der Waals surface area contributed by atoms with Crippen LogP contribution in [-0.2, 0) is 0 Å². The van der Waals surface area contributed by atoms with E-state index in [4.69, 9.17) is 15.2 Å². The van der Waals surface area contributed by atoms with Gasteiger partial charge in [0.15, 0.2) is 5.78 Å². The van der Waals surface area contributed by atoms with Gasteiger partial charge in [0.1, 0.15) is 17.3 Å². The van der Waals surface area contributed by atoms with Crippen molar-refractivity contribution < 1.29 is 18.7 Å². The molecule has 0 amide bonds. The molecule has 0 aliphatic carbocycles. The number of anilines is 1. The summed E-state index contributed by atoms with van der Waals surface area (Å²) in [6.07, 6.45) is 0. The molecule has 2 rings (SSSR count). The van der Waals surface area contributed by atoms with Crippen molar-refractivity contribution in [2.24, 2.45) is 0 Å². The SMILES string of the molecule is COc1ccc(N)c(C(=O)c2cc(Br)c(F)cc2OC)c1. The van der Waals surface area contributed by atoms with Gasteiger partial charge in [-0.3, -0.25) is 4.79 Å². The van der Waals surface area contributed by atoms with Gasteiger partial charge in [-0.15, -0.1) is 0 Å². The fourth-order valence-electron chi connectivity index (χ4n) is 1.88. The second-order valence-electron chi connectivity index (χ2n) is 4.25. The smallest absolute Gasteiger partial charge is 0.199 e. The number of benzene rings is 2. The molecule has 0 radical (unpaired) electrons. The van der Waals surface area contributed by atoms with Crippen LogP contribution in [0.15, 0.2) is 34.8 Å². The van der Waals surface area contributed by atoms with E-state index in [9.17, 15) is 9.18 Å². The number of carbonyl (C=O) groups excluding carboxylic acids is 1. The van der Waals surface area contributed by atoms with Crippen molar-refractivity contribution in [3.8, 4) is 11.5 Å². The van der Waals surface area contributed by atoms with Crippen molar-refractivity contribution in [3.05, 3.63) is 51.7 Å². The molecule has 0 heterocycles. The fraction of sp³-hybridized carbons (Fsp3) is 0.133. The highest BCUT2D eigenvalue weighted by Crippen LogP contribution is 2.30. The number of methoxy groups -OCH3 is 2. The first-order valence-electron chi connectivity index (χ1n) is 5.99. The highest BCUT2D eigenvalue weighted by Gasteiger charge is 2.20. The Labute approximate surface area is 129 Å². The Morgan fingerprint density at radius 1 is 1.14 bits per heavy atom. The molecule has 0 fully saturated rings. The van der Waals surface area contributed by atoms with Crippen LogP contribution in [0.1, 0.15) is 15.9 Å². The molecule has 0 aromatic heterocycles. The summed E-state index contributed by atoms with van der Waals surface area (Å²) in [6, 6.07) is 7.29. The van der Waals surface area contributed by atoms with Gasteiger partial charge in [0, 0.05) is 17.3 Å². The largest absolute Gasteiger partial charge is 0.497 e. The van der Waals surface area contributed by atoms with E-state index in [0.29, 0.717) is 11.4 Å². The zero-order chi connectivity index (χ0) is 15.6. The van der Waals surface area contributed by atoms with Gasteiger partial charge in [-0.2, -0.15) is 0 Å². The maximum absolute atomic E-state index is 13.5. The number of ketones is 1. The minimum absolute atomic E-state index is 0.142. The van der Waals surface area contributed by atoms with Gasteiger partial charge in [-0.25, -0.2) is 4.39 Å². The third-order valence-electron chi connectivity index (χ3n) is 2.99. The van der Waals surface area contributed by atoms with Crippen LogP contribution in [0.5, 0.6) is 11.5 Å². The summed E-state index contributed by atoms with van der Waals surface area (Å²) < 4.78 is 23.9. The molecule has 2 aromatic carbocycles. The Morgan fingerprint density at radius 3 is 2.48 bits per heavy atom. The summed E-state index contributed by atoms with van der Waals surface area (Å²) in [5.41, 5.74) is 6.63. The molecular weight excluding hydrogens is 341 g/mol. The maximum atomic E-state index is 13.5. The molecule has 4 nitrogen and oxygen atoms in total. The standard InChI is InChI=1S/C15H13BrFNO3/c1-20-8-3-4-13(18)9(5-8)15(19)10-6-11(16)12(17)7-14(10)21-2/h3-7H,18H2,1-2H3. The van der Waals surface area contributed by atoms with Crippen molar-refractivity contribution in [1.29, 1.82) is 0 Å². The van der Waals surface area contributed by atoms with Gasteiger partial charge in [-0.1, -0.05) is 0 Å². The lowest BCUT2D eigenvalue weighted by molar-refractivity contribution is 0.103. The second-order valence-corrected chi connectivity index (χ2v) is 5.10. The van der Waals surface area contributed by atoms with E-state index >= 15 is 0 Å². The summed E-state index contributed by atoms with van der Waals surface area (Å²) in [6.45, 7) is 0. The lowest BCUT2D eigenvalue weighted by Crippen LogP contribution is -2.08. The molecule has 0 unspecified atom stereocenters. The number of nitrogen functional groups attached to an aromatic ring is 1. The minimum atomic E-state index is -0.512. The van der Waals surface area contributed by atoms with E-state index in [0.717, 1.165) is 6.07 Å². The van der Waals surface area contributed by atoms with Crippen molar-refractivity contribution in [1.82, 2.24) is 0 Å². The van der Waals surface area contributed by atoms with E-state index in [1.807, 2.05) is 0 Å². The predicted molar refractivity (Wildman–Crippen MR) is 81.5 cm³/mol. The Balaban J connectivity index is 2.57. The molecule has 2 aromatic rings. The Kier molecular flexibility index (Phi) is 4.47. The van der Waals surface area contributed by atoms with Gasteiger partial charge in [0.2, 0.25) is 0 Å². The Hall–Kier alpha value is -2.08. The normalized spacial score (nSPS) is 10.3. The average Bonchev–Trinajstić information content (AvgIpc) is 2.49. The van der Waals surface area contributed by atoms with Crippen LogP contribution in [0.4, 0.5) is 10.1 Å². The van der Waals surface area contributed by atoms with Crippen molar-refractivity contribution >= 4 is 27.4 Å². The number of rotatable bonds is 4. The van der Waals surface area contributed by atoms with Crippen LogP contribution in [0, 0.1) is 5.82 Å². The first kappa shape index (κ1) is 15.3. The molecule has 0 saturated carbocycles. The quantitative estimate of drug-likeness (QED) is 0.675. The molecule has 110 valence electrons. The van der Waals surface area contributed by atoms with Gasteiger partial charge < -0.3 is 15.2 Å². The number of carbonyl (C=O) groups is 1.